The minimum absolute atomic E-state index is 0.109. The zero-order chi connectivity index (χ0) is 18.9. The summed E-state index contributed by atoms with van der Waals surface area (Å²) in [5.41, 5.74) is 1.34. The fraction of sp³-hybridized carbons (Fsp3) is 0.0556. The molecule has 0 aliphatic carbocycles. The summed E-state index contributed by atoms with van der Waals surface area (Å²) in [4.78, 5) is 0.109. The Morgan fingerprint density at radius 2 is 1.67 bits per heavy atom. The fourth-order valence-electron chi connectivity index (χ4n) is 2.56. The zero-order valence-electron chi connectivity index (χ0n) is 14.3. The summed E-state index contributed by atoms with van der Waals surface area (Å²) in [5.74, 6) is 1.26. The fourth-order valence-corrected chi connectivity index (χ4v) is 3.56. The molecule has 2 aromatic heterocycles. The lowest BCUT2D eigenvalue weighted by Gasteiger charge is -2.08. The van der Waals surface area contributed by atoms with Gasteiger partial charge in [0, 0.05) is 5.56 Å². The molecule has 1 N–H and O–H groups in total. The number of nitrogens with zero attached hydrogens (tertiary/aromatic N) is 4. The van der Waals surface area contributed by atoms with Crippen molar-refractivity contribution in [1.29, 1.82) is 0 Å². The highest BCUT2D eigenvalue weighted by molar-refractivity contribution is 7.92. The second-order valence-corrected chi connectivity index (χ2v) is 7.34. The van der Waals surface area contributed by atoms with Crippen molar-refractivity contribution in [2.45, 2.75) is 4.90 Å². The van der Waals surface area contributed by atoms with Gasteiger partial charge in [0.15, 0.2) is 17.3 Å². The standard InChI is InChI=1S/C18H15N5O3S/c1-26-14-7-9-15(10-8-14)27(24,25)22-16-11-12-17-19-20-18(23(17)21-16)13-5-3-2-4-6-13/h2-12H,1H3,(H,21,22). The second kappa shape index (κ2) is 6.69. The van der Waals surface area contributed by atoms with Gasteiger partial charge in [-0.2, -0.15) is 4.52 Å². The normalized spacial score (nSPS) is 11.4. The van der Waals surface area contributed by atoms with Crippen LogP contribution in [-0.4, -0.2) is 35.3 Å². The molecular weight excluding hydrogens is 366 g/mol. The average molecular weight is 381 g/mol. The SMILES string of the molecule is COc1ccc(S(=O)(=O)Nc2ccc3nnc(-c4ccccc4)n3n2)cc1. The number of hydrogen-bond acceptors (Lipinski definition) is 6. The Bertz CT molecular complexity index is 1190. The summed E-state index contributed by atoms with van der Waals surface area (Å²) in [7, 11) is -2.27. The van der Waals surface area contributed by atoms with E-state index in [9.17, 15) is 8.42 Å². The highest BCUT2D eigenvalue weighted by Crippen LogP contribution is 2.20. The molecule has 9 heteroatoms. The molecule has 0 atom stereocenters. The molecule has 0 spiro atoms. The molecular formula is C18H15N5O3S. The van der Waals surface area contributed by atoms with E-state index in [-0.39, 0.29) is 10.7 Å². The van der Waals surface area contributed by atoms with Gasteiger partial charge >= 0.3 is 0 Å². The number of aromatic nitrogens is 4. The van der Waals surface area contributed by atoms with E-state index in [1.54, 1.807) is 24.3 Å². The Kier molecular flexibility index (Phi) is 4.21. The van der Waals surface area contributed by atoms with Gasteiger partial charge in [-0.25, -0.2) is 8.42 Å². The van der Waals surface area contributed by atoms with Crippen LogP contribution in [0.5, 0.6) is 5.75 Å². The summed E-state index contributed by atoms with van der Waals surface area (Å²) in [6.45, 7) is 0. The van der Waals surface area contributed by atoms with Crippen molar-refractivity contribution < 1.29 is 13.2 Å². The Hall–Kier alpha value is -3.46. The van der Waals surface area contributed by atoms with Crippen LogP contribution in [-0.2, 0) is 10.0 Å². The van der Waals surface area contributed by atoms with Gasteiger partial charge in [0.2, 0.25) is 0 Å². The maximum absolute atomic E-state index is 12.6. The lowest BCUT2D eigenvalue weighted by atomic mass is 10.2. The Morgan fingerprint density at radius 1 is 0.926 bits per heavy atom. The number of anilines is 1. The lowest BCUT2D eigenvalue weighted by molar-refractivity contribution is 0.414. The number of rotatable bonds is 5. The predicted octanol–water partition coefficient (Wildman–Crippen LogP) is 2.60. The third kappa shape index (κ3) is 3.32. The van der Waals surface area contributed by atoms with Crippen molar-refractivity contribution in [3.8, 4) is 17.1 Å². The van der Waals surface area contributed by atoms with Crippen LogP contribution in [0.3, 0.4) is 0 Å². The molecule has 0 radical (unpaired) electrons. The maximum Gasteiger partial charge on any atom is 0.263 e. The highest BCUT2D eigenvalue weighted by atomic mass is 32.2. The number of benzene rings is 2. The van der Waals surface area contributed by atoms with Gasteiger partial charge in [-0.05, 0) is 36.4 Å². The van der Waals surface area contributed by atoms with Gasteiger partial charge in [-0.15, -0.1) is 15.3 Å². The third-order valence-corrected chi connectivity index (χ3v) is 5.27. The first-order chi connectivity index (χ1) is 13.1. The molecule has 0 fully saturated rings. The average Bonchev–Trinajstić information content (AvgIpc) is 3.11. The van der Waals surface area contributed by atoms with Crippen LogP contribution in [0, 0.1) is 0 Å². The number of fused-ring (bicyclic) bond motifs is 1. The molecule has 4 rings (SSSR count). The van der Waals surface area contributed by atoms with Crippen LogP contribution in [0.2, 0.25) is 0 Å². The molecule has 2 heterocycles. The van der Waals surface area contributed by atoms with Crippen molar-refractivity contribution in [1.82, 2.24) is 19.8 Å². The summed E-state index contributed by atoms with van der Waals surface area (Å²) in [5, 5.41) is 12.5. The Morgan fingerprint density at radius 3 is 2.37 bits per heavy atom. The molecule has 0 saturated carbocycles. The number of ether oxygens (including phenoxy) is 1. The van der Waals surface area contributed by atoms with Gasteiger partial charge < -0.3 is 4.74 Å². The van der Waals surface area contributed by atoms with E-state index in [2.05, 4.69) is 20.0 Å². The van der Waals surface area contributed by atoms with Crippen molar-refractivity contribution in [3.05, 3.63) is 66.7 Å². The van der Waals surface area contributed by atoms with Gasteiger partial charge in [0.05, 0.1) is 12.0 Å². The molecule has 0 amide bonds. The molecule has 2 aromatic carbocycles. The first-order valence-electron chi connectivity index (χ1n) is 8.01. The smallest absolute Gasteiger partial charge is 0.263 e. The minimum Gasteiger partial charge on any atom is -0.497 e. The van der Waals surface area contributed by atoms with Crippen molar-refractivity contribution in [3.63, 3.8) is 0 Å². The molecule has 4 aromatic rings. The summed E-state index contributed by atoms with van der Waals surface area (Å²) in [6.07, 6.45) is 0. The molecule has 0 bridgehead atoms. The predicted molar refractivity (Wildman–Crippen MR) is 100 cm³/mol. The Balaban J connectivity index is 1.69. The van der Waals surface area contributed by atoms with Crippen LogP contribution < -0.4 is 9.46 Å². The molecule has 0 unspecified atom stereocenters. The largest absolute Gasteiger partial charge is 0.497 e. The van der Waals surface area contributed by atoms with Crippen LogP contribution in [0.15, 0.2) is 71.6 Å². The summed E-state index contributed by atoms with van der Waals surface area (Å²) >= 11 is 0. The highest BCUT2D eigenvalue weighted by Gasteiger charge is 2.16. The van der Waals surface area contributed by atoms with E-state index >= 15 is 0 Å². The van der Waals surface area contributed by atoms with Crippen molar-refractivity contribution in [2.75, 3.05) is 11.8 Å². The van der Waals surface area contributed by atoms with Crippen molar-refractivity contribution in [2.24, 2.45) is 0 Å². The monoisotopic (exact) mass is 381 g/mol. The van der Waals surface area contributed by atoms with Crippen LogP contribution in [0.1, 0.15) is 0 Å². The van der Waals surface area contributed by atoms with Gasteiger partial charge in [0.1, 0.15) is 5.75 Å². The molecule has 8 nitrogen and oxygen atoms in total. The Labute approximate surface area is 155 Å². The number of methoxy groups -OCH3 is 1. The number of sulfonamides is 1. The van der Waals surface area contributed by atoms with Gasteiger partial charge in [-0.1, -0.05) is 30.3 Å². The first kappa shape index (κ1) is 17.0. The third-order valence-electron chi connectivity index (χ3n) is 3.90. The van der Waals surface area contributed by atoms with E-state index in [4.69, 9.17) is 4.74 Å². The zero-order valence-corrected chi connectivity index (χ0v) is 15.1. The molecule has 0 aliphatic rings. The molecule has 0 aliphatic heterocycles. The first-order valence-corrected chi connectivity index (χ1v) is 9.50. The van der Waals surface area contributed by atoms with Gasteiger partial charge in [-0.3, -0.25) is 4.72 Å². The van der Waals surface area contributed by atoms with Gasteiger partial charge in [0.25, 0.3) is 10.0 Å². The summed E-state index contributed by atoms with van der Waals surface area (Å²) < 4.78 is 34.2. The van der Waals surface area contributed by atoms with Crippen LogP contribution in [0.25, 0.3) is 17.0 Å². The van der Waals surface area contributed by atoms with E-state index in [1.807, 2.05) is 30.3 Å². The number of nitrogens with one attached hydrogen (secondary N) is 1. The quantitative estimate of drug-likeness (QED) is 0.571. The van der Waals surface area contributed by atoms with Crippen molar-refractivity contribution >= 4 is 21.5 Å². The molecule has 0 saturated heterocycles. The lowest BCUT2D eigenvalue weighted by Crippen LogP contribution is -2.15. The second-order valence-electron chi connectivity index (χ2n) is 5.66. The number of hydrogen-bond donors (Lipinski definition) is 1. The van der Waals surface area contributed by atoms with E-state index in [0.717, 1.165) is 5.56 Å². The minimum atomic E-state index is -3.79. The summed E-state index contributed by atoms with van der Waals surface area (Å²) in [6, 6.07) is 18.7. The topological polar surface area (TPSA) is 98.5 Å². The maximum atomic E-state index is 12.6. The van der Waals surface area contributed by atoms with Crippen LogP contribution in [0.4, 0.5) is 5.82 Å². The van der Waals surface area contributed by atoms with Crippen LogP contribution >= 0.6 is 0 Å². The van der Waals surface area contributed by atoms with E-state index in [1.165, 1.54) is 23.8 Å². The molecule has 136 valence electrons. The molecule has 27 heavy (non-hydrogen) atoms. The van der Waals surface area contributed by atoms with E-state index < -0.39 is 10.0 Å². The van der Waals surface area contributed by atoms with E-state index in [0.29, 0.717) is 17.2 Å².